The quantitative estimate of drug-likeness (QED) is 0.675. The Morgan fingerprint density at radius 2 is 1.80 bits per heavy atom. The van der Waals surface area contributed by atoms with E-state index < -0.39 is 0 Å². The fourth-order valence-electron chi connectivity index (χ4n) is 1.94. The molecule has 1 N–H and O–H groups in total. The van der Waals surface area contributed by atoms with Crippen LogP contribution >= 0.6 is 11.8 Å². The Morgan fingerprint density at radius 3 is 2.40 bits per heavy atom. The lowest BCUT2D eigenvalue weighted by atomic mass is 10.0. The molecule has 0 aliphatic heterocycles. The molecule has 1 heterocycles. The number of aromatic nitrogens is 2. The molecule has 1 aromatic carbocycles. The second-order valence-corrected chi connectivity index (χ2v) is 6.03. The Labute approximate surface area is 125 Å². The Bertz CT molecular complexity index is 566. The molecule has 0 spiro atoms. The fraction of sp³-hybridized carbons (Fsp3) is 0.375. The van der Waals surface area contributed by atoms with E-state index in [1.165, 1.54) is 16.7 Å². The van der Waals surface area contributed by atoms with Gasteiger partial charge in [0.15, 0.2) is 5.16 Å². The molecule has 0 aliphatic rings. The van der Waals surface area contributed by atoms with Gasteiger partial charge in [-0.05, 0) is 50.1 Å². The molecular weight excluding hydrogens is 266 g/mol. The maximum Gasteiger partial charge on any atom is 0.187 e. The normalized spacial score (nSPS) is 12.4. The van der Waals surface area contributed by atoms with Crippen LogP contribution in [0.15, 0.2) is 35.7 Å². The van der Waals surface area contributed by atoms with E-state index in [-0.39, 0.29) is 0 Å². The number of hydrogen-bond acceptors (Lipinski definition) is 4. The SMILES string of the molecule is CNC(CSc1ncc(C)cn1)c1ccc(C)c(C)c1. The van der Waals surface area contributed by atoms with Crippen LogP contribution in [0, 0.1) is 20.8 Å². The van der Waals surface area contributed by atoms with Crippen LogP contribution < -0.4 is 5.32 Å². The minimum absolute atomic E-state index is 0.309. The van der Waals surface area contributed by atoms with Crippen LogP contribution in [0.3, 0.4) is 0 Å². The molecule has 0 bridgehead atoms. The van der Waals surface area contributed by atoms with Gasteiger partial charge in [-0.1, -0.05) is 30.0 Å². The van der Waals surface area contributed by atoms with E-state index in [1.807, 2.05) is 26.4 Å². The van der Waals surface area contributed by atoms with Crippen molar-refractivity contribution in [3.8, 4) is 0 Å². The van der Waals surface area contributed by atoms with Crippen molar-refractivity contribution in [2.24, 2.45) is 0 Å². The molecule has 4 heteroatoms. The fourth-order valence-corrected chi connectivity index (χ4v) is 2.87. The first kappa shape index (κ1) is 15.0. The number of rotatable bonds is 5. The Hall–Kier alpha value is -1.39. The Morgan fingerprint density at radius 1 is 1.10 bits per heavy atom. The highest BCUT2D eigenvalue weighted by molar-refractivity contribution is 7.99. The maximum absolute atomic E-state index is 4.33. The number of thioether (sulfide) groups is 1. The Kier molecular flexibility index (Phi) is 5.15. The molecule has 106 valence electrons. The van der Waals surface area contributed by atoms with Gasteiger partial charge in [-0.15, -0.1) is 0 Å². The van der Waals surface area contributed by atoms with Crippen molar-refractivity contribution in [3.63, 3.8) is 0 Å². The molecule has 20 heavy (non-hydrogen) atoms. The second kappa shape index (κ2) is 6.86. The summed E-state index contributed by atoms with van der Waals surface area (Å²) in [6.07, 6.45) is 3.72. The standard InChI is InChI=1S/C16H21N3S/c1-11-8-18-16(19-9-11)20-10-15(17-4)14-6-5-12(2)13(3)7-14/h5-9,15,17H,10H2,1-4H3. The van der Waals surface area contributed by atoms with Gasteiger partial charge in [-0.2, -0.15) is 0 Å². The van der Waals surface area contributed by atoms with E-state index in [4.69, 9.17) is 0 Å². The summed E-state index contributed by atoms with van der Waals surface area (Å²) in [5.74, 6) is 0.919. The molecule has 0 saturated carbocycles. The van der Waals surface area contributed by atoms with Gasteiger partial charge < -0.3 is 5.32 Å². The highest BCUT2D eigenvalue weighted by Gasteiger charge is 2.11. The molecule has 0 aliphatic carbocycles. The summed E-state index contributed by atoms with van der Waals surface area (Å²) in [5.41, 5.74) is 5.07. The summed E-state index contributed by atoms with van der Waals surface area (Å²) in [5, 5.41) is 4.20. The van der Waals surface area contributed by atoms with Crippen LogP contribution in [0.25, 0.3) is 0 Å². The lowest BCUT2D eigenvalue weighted by Crippen LogP contribution is -2.19. The molecule has 1 unspecified atom stereocenters. The highest BCUT2D eigenvalue weighted by Crippen LogP contribution is 2.23. The summed E-state index contributed by atoms with van der Waals surface area (Å²) < 4.78 is 0. The van der Waals surface area contributed by atoms with Gasteiger partial charge in [-0.3, -0.25) is 0 Å². The van der Waals surface area contributed by atoms with Gasteiger partial charge in [0.05, 0.1) is 0 Å². The van der Waals surface area contributed by atoms with E-state index in [0.717, 1.165) is 16.5 Å². The van der Waals surface area contributed by atoms with E-state index in [1.54, 1.807) is 11.8 Å². The minimum atomic E-state index is 0.309. The summed E-state index contributed by atoms with van der Waals surface area (Å²) >= 11 is 1.68. The van der Waals surface area contributed by atoms with Gasteiger partial charge in [0.2, 0.25) is 0 Å². The summed E-state index contributed by atoms with van der Waals surface area (Å²) in [6, 6.07) is 6.94. The molecule has 1 aromatic heterocycles. The minimum Gasteiger partial charge on any atom is -0.312 e. The first-order chi connectivity index (χ1) is 9.60. The monoisotopic (exact) mass is 287 g/mol. The van der Waals surface area contributed by atoms with Crippen LogP contribution in [-0.4, -0.2) is 22.8 Å². The zero-order valence-electron chi connectivity index (χ0n) is 12.5. The molecule has 3 nitrogen and oxygen atoms in total. The molecule has 1 atom stereocenters. The smallest absolute Gasteiger partial charge is 0.187 e. The number of nitrogens with one attached hydrogen (secondary N) is 1. The van der Waals surface area contributed by atoms with Crippen molar-refractivity contribution in [2.75, 3.05) is 12.8 Å². The van der Waals surface area contributed by atoms with E-state index >= 15 is 0 Å². The molecule has 0 radical (unpaired) electrons. The second-order valence-electron chi connectivity index (χ2n) is 5.04. The number of benzene rings is 1. The first-order valence-corrected chi connectivity index (χ1v) is 7.74. The van der Waals surface area contributed by atoms with Gasteiger partial charge in [0.25, 0.3) is 0 Å². The predicted molar refractivity (Wildman–Crippen MR) is 85.2 cm³/mol. The van der Waals surface area contributed by atoms with Crippen molar-refractivity contribution in [2.45, 2.75) is 32.0 Å². The van der Waals surface area contributed by atoms with Crippen LogP contribution in [0.1, 0.15) is 28.3 Å². The number of hydrogen-bond donors (Lipinski definition) is 1. The predicted octanol–water partition coefficient (Wildman–Crippen LogP) is 3.45. The molecule has 0 amide bonds. The summed E-state index contributed by atoms with van der Waals surface area (Å²) in [4.78, 5) is 8.67. The van der Waals surface area contributed by atoms with E-state index in [2.05, 4.69) is 47.3 Å². The van der Waals surface area contributed by atoms with Crippen molar-refractivity contribution < 1.29 is 0 Å². The molecule has 0 saturated heterocycles. The summed E-state index contributed by atoms with van der Waals surface area (Å²) in [7, 11) is 2.00. The van der Waals surface area contributed by atoms with Crippen LogP contribution in [0.5, 0.6) is 0 Å². The third-order valence-corrected chi connectivity index (χ3v) is 4.39. The average Bonchev–Trinajstić information content (AvgIpc) is 2.45. The zero-order valence-corrected chi connectivity index (χ0v) is 13.3. The van der Waals surface area contributed by atoms with Gasteiger partial charge in [0, 0.05) is 24.2 Å². The highest BCUT2D eigenvalue weighted by atomic mass is 32.2. The van der Waals surface area contributed by atoms with Crippen molar-refractivity contribution in [1.82, 2.24) is 15.3 Å². The lowest BCUT2D eigenvalue weighted by Gasteiger charge is -2.17. The van der Waals surface area contributed by atoms with Crippen LogP contribution in [-0.2, 0) is 0 Å². The van der Waals surface area contributed by atoms with Crippen LogP contribution in [0.4, 0.5) is 0 Å². The van der Waals surface area contributed by atoms with Crippen LogP contribution in [0.2, 0.25) is 0 Å². The lowest BCUT2D eigenvalue weighted by molar-refractivity contribution is 0.660. The van der Waals surface area contributed by atoms with Crippen molar-refractivity contribution in [3.05, 3.63) is 52.8 Å². The zero-order chi connectivity index (χ0) is 14.5. The summed E-state index contributed by atoms with van der Waals surface area (Å²) in [6.45, 7) is 6.30. The molecule has 2 aromatic rings. The molecule has 0 fully saturated rings. The number of nitrogens with zero attached hydrogens (tertiary/aromatic N) is 2. The maximum atomic E-state index is 4.33. The Balaban J connectivity index is 2.05. The van der Waals surface area contributed by atoms with Crippen molar-refractivity contribution >= 4 is 11.8 Å². The van der Waals surface area contributed by atoms with Gasteiger partial charge in [-0.25, -0.2) is 9.97 Å². The van der Waals surface area contributed by atoms with E-state index in [9.17, 15) is 0 Å². The molecule has 2 rings (SSSR count). The van der Waals surface area contributed by atoms with Gasteiger partial charge >= 0.3 is 0 Å². The average molecular weight is 287 g/mol. The van der Waals surface area contributed by atoms with E-state index in [0.29, 0.717) is 6.04 Å². The largest absolute Gasteiger partial charge is 0.312 e. The first-order valence-electron chi connectivity index (χ1n) is 6.76. The topological polar surface area (TPSA) is 37.8 Å². The third-order valence-electron chi connectivity index (χ3n) is 3.42. The van der Waals surface area contributed by atoms with Gasteiger partial charge in [0.1, 0.15) is 0 Å². The third kappa shape index (κ3) is 3.81. The van der Waals surface area contributed by atoms with Crippen molar-refractivity contribution in [1.29, 1.82) is 0 Å². The number of aryl methyl sites for hydroxylation is 3. The molecular formula is C16H21N3S.